The average molecular weight is 405 g/mol. The number of hydrogen-bond acceptors (Lipinski definition) is 4. The normalized spacial score (nSPS) is 13.1. The van der Waals surface area contributed by atoms with Crippen LogP contribution in [0.25, 0.3) is 0 Å². The van der Waals surface area contributed by atoms with Gasteiger partial charge in [0, 0.05) is 6.54 Å². The minimum Gasteiger partial charge on any atom is -0.489 e. The van der Waals surface area contributed by atoms with Gasteiger partial charge < -0.3 is 15.4 Å². The van der Waals surface area contributed by atoms with Crippen LogP contribution in [-0.2, 0) is 16.6 Å². The molecule has 0 saturated heterocycles. The van der Waals surface area contributed by atoms with E-state index < -0.39 is 10.0 Å². The first-order valence-electron chi connectivity index (χ1n) is 9.15. The number of hydrogen-bond donors (Lipinski definition) is 3. The lowest BCUT2D eigenvalue weighted by molar-refractivity contribution is 0.223. The predicted molar refractivity (Wildman–Crippen MR) is 112 cm³/mol. The maximum atomic E-state index is 11.3. The van der Waals surface area contributed by atoms with Crippen molar-refractivity contribution in [2.75, 3.05) is 13.1 Å². The molecule has 0 bridgehead atoms. The molecule has 0 heterocycles. The standard InChI is InChI=1S/C20H28N4O3S/c1-4-22-20(23-13-16(3)27-18-7-5-6-15(2)12-18)24-14-17-8-10-19(11-9-17)28(21,25)26/h5-12,16H,4,13-14H2,1-3H3,(H2,21,25,26)(H2,22,23,24). The molecule has 0 saturated carbocycles. The van der Waals surface area contributed by atoms with E-state index in [0.29, 0.717) is 19.0 Å². The van der Waals surface area contributed by atoms with Gasteiger partial charge in [0.25, 0.3) is 0 Å². The number of nitrogens with zero attached hydrogens (tertiary/aromatic N) is 1. The lowest BCUT2D eigenvalue weighted by atomic mass is 10.2. The van der Waals surface area contributed by atoms with Gasteiger partial charge in [0.05, 0.1) is 18.0 Å². The maximum absolute atomic E-state index is 11.3. The highest BCUT2D eigenvalue weighted by atomic mass is 32.2. The first kappa shape index (κ1) is 21.7. The molecular formula is C20H28N4O3S. The van der Waals surface area contributed by atoms with Gasteiger partial charge >= 0.3 is 0 Å². The van der Waals surface area contributed by atoms with Crippen molar-refractivity contribution in [1.82, 2.24) is 10.6 Å². The molecule has 152 valence electrons. The second kappa shape index (κ2) is 10.1. The number of nitrogens with two attached hydrogens (primary N) is 1. The van der Waals surface area contributed by atoms with Crippen molar-refractivity contribution in [2.45, 2.75) is 38.3 Å². The number of guanidine groups is 1. The summed E-state index contributed by atoms with van der Waals surface area (Å²) in [7, 11) is -3.68. The Kier molecular flexibility index (Phi) is 7.83. The van der Waals surface area contributed by atoms with E-state index in [1.54, 1.807) is 12.1 Å². The van der Waals surface area contributed by atoms with Gasteiger partial charge in [-0.25, -0.2) is 18.5 Å². The summed E-state index contributed by atoms with van der Waals surface area (Å²) < 4.78 is 28.5. The van der Waals surface area contributed by atoms with Crippen molar-refractivity contribution in [3.05, 3.63) is 59.7 Å². The zero-order chi connectivity index (χ0) is 20.6. The Labute approximate surface area is 167 Å². The Bertz CT molecular complexity index is 896. The molecule has 8 heteroatoms. The van der Waals surface area contributed by atoms with Crippen LogP contribution in [0.2, 0.25) is 0 Å². The number of sulfonamides is 1. The lowest BCUT2D eigenvalue weighted by Crippen LogP contribution is -2.41. The van der Waals surface area contributed by atoms with Crippen LogP contribution >= 0.6 is 0 Å². The van der Waals surface area contributed by atoms with Crippen LogP contribution in [0.3, 0.4) is 0 Å². The fraction of sp³-hybridized carbons (Fsp3) is 0.350. The second-order valence-corrected chi connectivity index (χ2v) is 8.07. The molecule has 2 aromatic carbocycles. The molecule has 0 aliphatic rings. The van der Waals surface area contributed by atoms with E-state index in [4.69, 9.17) is 9.88 Å². The van der Waals surface area contributed by atoms with E-state index in [-0.39, 0.29) is 11.0 Å². The fourth-order valence-corrected chi connectivity index (χ4v) is 3.02. The first-order valence-corrected chi connectivity index (χ1v) is 10.7. The van der Waals surface area contributed by atoms with Crippen molar-refractivity contribution in [1.29, 1.82) is 0 Å². The summed E-state index contributed by atoms with van der Waals surface area (Å²) in [5.74, 6) is 1.50. The number of primary sulfonamides is 1. The van der Waals surface area contributed by atoms with Gasteiger partial charge in [-0.05, 0) is 56.2 Å². The summed E-state index contributed by atoms with van der Waals surface area (Å²) >= 11 is 0. The number of nitrogens with one attached hydrogen (secondary N) is 2. The van der Waals surface area contributed by atoms with Crippen molar-refractivity contribution in [2.24, 2.45) is 10.1 Å². The van der Waals surface area contributed by atoms with Gasteiger partial charge in [-0.1, -0.05) is 24.3 Å². The molecule has 1 atom stereocenters. The SMILES string of the molecule is CCNC(=NCc1ccc(S(N)(=O)=O)cc1)NCC(C)Oc1cccc(C)c1. The van der Waals surface area contributed by atoms with Gasteiger partial charge in [0.15, 0.2) is 5.96 Å². The summed E-state index contributed by atoms with van der Waals surface area (Å²) in [6, 6.07) is 14.3. The average Bonchev–Trinajstić information content (AvgIpc) is 2.63. The molecule has 0 spiro atoms. The van der Waals surface area contributed by atoms with Crippen LogP contribution in [-0.4, -0.2) is 33.6 Å². The number of aryl methyl sites for hydroxylation is 1. The Morgan fingerprint density at radius 2 is 1.89 bits per heavy atom. The van der Waals surface area contributed by atoms with Crippen LogP contribution in [0.4, 0.5) is 0 Å². The molecule has 0 aliphatic heterocycles. The van der Waals surface area contributed by atoms with Crippen molar-refractivity contribution in [3.63, 3.8) is 0 Å². The molecule has 7 nitrogen and oxygen atoms in total. The number of rotatable bonds is 8. The molecule has 0 aromatic heterocycles. The predicted octanol–water partition coefficient (Wildman–Crippen LogP) is 2.17. The highest BCUT2D eigenvalue weighted by Crippen LogP contribution is 2.14. The molecule has 0 aliphatic carbocycles. The van der Waals surface area contributed by atoms with Crippen LogP contribution in [0.1, 0.15) is 25.0 Å². The number of ether oxygens (including phenoxy) is 1. The van der Waals surface area contributed by atoms with Crippen molar-refractivity contribution >= 4 is 16.0 Å². The minimum absolute atomic E-state index is 0.0419. The zero-order valence-electron chi connectivity index (χ0n) is 16.5. The van der Waals surface area contributed by atoms with Crippen molar-refractivity contribution < 1.29 is 13.2 Å². The van der Waals surface area contributed by atoms with E-state index in [1.165, 1.54) is 12.1 Å². The van der Waals surface area contributed by atoms with Crippen LogP contribution in [0.5, 0.6) is 5.75 Å². The summed E-state index contributed by atoms with van der Waals surface area (Å²) in [4.78, 5) is 4.62. The summed E-state index contributed by atoms with van der Waals surface area (Å²) in [5, 5.41) is 11.6. The molecule has 4 N–H and O–H groups in total. The van der Waals surface area contributed by atoms with Gasteiger partial charge in [-0.2, -0.15) is 0 Å². The van der Waals surface area contributed by atoms with E-state index in [2.05, 4.69) is 15.6 Å². The summed E-state index contributed by atoms with van der Waals surface area (Å²) in [5.41, 5.74) is 2.04. The van der Waals surface area contributed by atoms with Crippen LogP contribution < -0.4 is 20.5 Å². The zero-order valence-corrected chi connectivity index (χ0v) is 17.3. The third kappa shape index (κ3) is 7.21. The van der Waals surface area contributed by atoms with Gasteiger partial charge in [0.1, 0.15) is 11.9 Å². The molecule has 0 amide bonds. The quantitative estimate of drug-likeness (QED) is 0.462. The first-order chi connectivity index (χ1) is 13.3. The third-order valence-corrected chi connectivity index (χ3v) is 4.83. The third-order valence-electron chi connectivity index (χ3n) is 3.90. The maximum Gasteiger partial charge on any atom is 0.238 e. The number of aliphatic imine (C=N–C) groups is 1. The van der Waals surface area contributed by atoms with E-state index in [1.807, 2.05) is 45.0 Å². The Morgan fingerprint density at radius 1 is 1.18 bits per heavy atom. The van der Waals surface area contributed by atoms with Crippen LogP contribution in [0, 0.1) is 6.92 Å². The number of benzene rings is 2. The minimum atomic E-state index is -3.68. The lowest BCUT2D eigenvalue weighted by Gasteiger charge is -2.18. The van der Waals surface area contributed by atoms with E-state index in [0.717, 1.165) is 23.4 Å². The summed E-state index contributed by atoms with van der Waals surface area (Å²) in [6.07, 6.45) is -0.0419. The smallest absolute Gasteiger partial charge is 0.238 e. The Morgan fingerprint density at radius 3 is 2.50 bits per heavy atom. The highest BCUT2D eigenvalue weighted by molar-refractivity contribution is 7.89. The van der Waals surface area contributed by atoms with E-state index >= 15 is 0 Å². The summed E-state index contributed by atoms with van der Waals surface area (Å²) in [6.45, 7) is 7.73. The fourth-order valence-electron chi connectivity index (χ4n) is 2.50. The molecule has 28 heavy (non-hydrogen) atoms. The second-order valence-electron chi connectivity index (χ2n) is 6.51. The Balaban J connectivity index is 1.92. The Hall–Kier alpha value is -2.58. The molecule has 2 rings (SSSR count). The molecule has 0 radical (unpaired) electrons. The largest absolute Gasteiger partial charge is 0.489 e. The van der Waals surface area contributed by atoms with E-state index in [9.17, 15) is 8.42 Å². The molecular weight excluding hydrogens is 376 g/mol. The highest BCUT2D eigenvalue weighted by Gasteiger charge is 2.08. The molecule has 1 unspecified atom stereocenters. The monoisotopic (exact) mass is 404 g/mol. The molecule has 0 fully saturated rings. The topological polar surface area (TPSA) is 106 Å². The molecule has 2 aromatic rings. The van der Waals surface area contributed by atoms with Gasteiger partial charge in [-0.15, -0.1) is 0 Å². The van der Waals surface area contributed by atoms with Gasteiger partial charge in [0.2, 0.25) is 10.0 Å². The van der Waals surface area contributed by atoms with Crippen molar-refractivity contribution in [3.8, 4) is 5.75 Å². The van der Waals surface area contributed by atoms with Crippen LogP contribution in [0.15, 0.2) is 58.4 Å². The van der Waals surface area contributed by atoms with Gasteiger partial charge in [-0.3, -0.25) is 0 Å².